The van der Waals surface area contributed by atoms with Gasteiger partial charge in [-0.1, -0.05) is 11.6 Å². The molecular weight excluding hydrogens is 300 g/mol. The van der Waals surface area contributed by atoms with Crippen LogP contribution in [-0.2, 0) is 9.84 Å². The summed E-state index contributed by atoms with van der Waals surface area (Å²) in [5.74, 6) is -0.417. The maximum absolute atomic E-state index is 11.9. The van der Waals surface area contributed by atoms with E-state index in [1.165, 1.54) is 36.5 Å². The molecule has 1 amide bonds. The van der Waals surface area contributed by atoms with E-state index in [-0.39, 0.29) is 10.6 Å². The van der Waals surface area contributed by atoms with E-state index in [0.29, 0.717) is 10.7 Å². The van der Waals surface area contributed by atoms with Crippen LogP contribution in [0.4, 0.5) is 5.69 Å². The highest BCUT2D eigenvalue weighted by molar-refractivity contribution is 7.90. The lowest BCUT2D eigenvalue weighted by atomic mass is 10.3. The van der Waals surface area contributed by atoms with E-state index in [1.54, 1.807) is 6.07 Å². The molecule has 104 valence electrons. The van der Waals surface area contributed by atoms with Gasteiger partial charge in [0.2, 0.25) is 0 Å². The molecule has 7 heteroatoms. The van der Waals surface area contributed by atoms with Gasteiger partial charge in [0.25, 0.3) is 5.91 Å². The maximum atomic E-state index is 11.9. The summed E-state index contributed by atoms with van der Waals surface area (Å²) in [4.78, 5) is 16.0. The average molecular weight is 311 g/mol. The van der Waals surface area contributed by atoms with Gasteiger partial charge in [-0.05, 0) is 36.4 Å². The fraction of sp³-hybridized carbons (Fsp3) is 0.0769. The molecule has 0 atom stereocenters. The molecule has 0 spiro atoms. The number of aromatic nitrogens is 1. The first kappa shape index (κ1) is 14.5. The zero-order valence-corrected chi connectivity index (χ0v) is 12.1. The van der Waals surface area contributed by atoms with E-state index in [4.69, 9.17) is 11.6 Å². The van der Waals surface area contributed by atoms with Crippen molar-refractivity contribution in [3.63, 3.8) is 0 Å². The summed E-state index contributed by atoms with van der Waals surface area (Å²) >= 11 is 5.78. The Kier molecular flexibility index (Phi) is 4.06. The van der Waals surface area contributed by atoms with Crippen LogP contribution in [-0.4, -0.2) is 25.6 Å². The Balaban J connectivity index is 2.16. The molecule has 0 fully saturated rings. The average Bonchev–Trinajstić information content (AvgIpc) is 2.38. The minimum absolute atomic E-state index is 0.185. The quantitative estimate of drug-likeness (QED) is 0.944. The van der Waals surface area contributed by atoms with Crippen molar-refractivity contribution >= 4 is 33.0 Å². The molecule has 0 aliphatic heterocycles. The van der Waals surface area contributed by atoms with Crippen LogP contribution in [0.3, 0.4) is 0 Å². The summed E-state index contributed by atoms with van der Waals surface area (Å²) in [7, 11) is -3.25. The van der Waals surface area contributed by atoms with Crippen LogP contribution in [0.1, 0.15) is 10.5 Å². The van der Waals surface area contributed by atoms with Crippen LogP contribution < -0.4 is 5.32 Å². The van der Waals surface area contributed by atoms with Gasteiger partial charge in [-0.3, -0.25) is 9.78 Å². The van der Waals surface area contributed by atoms with Crippen LogP contribution in [0.5, 0.6) is 0 Å². The Labute approximate surface area is 121 Å². The molecule has 0 aliphatic carbocycles. The van der Waals surface area contributed by atoms with Gasteiger partial charge in [0.05, 0.1) is 4.90 Å². The van der Waals surface area contributed by atoms with E-state index in [9.17, 15) is 13.2 Å². The minimum atomic E-state index is -3.25. The van der Waals surface area contributed by atoms with E-state index < -0.39 is 15.7 Å². The summed E-state index contributed by atoms with van der Waals surface area (Å²) in [6, 6.07) is 8.89. The molecule has 0 unspecified atom stereocenters. The molecule has 0 radical (unpaired) electrons. The summed E-state index contributed by atoms with van der Waals surface area (Å²) in [5, 5.41) is 3.02. The number of carbonyl (C=O) groups excluding carboxylic acids is 1. The van der Waals surface area contributed by atoms with Crippen molar-refractivity contribution < 1.29 is 13.2 Å². The molecule has 1 heterocycles. The van der Waals surface area contributed by atoms with Crippen LogP contribution in [0.2, 0.25) is 5.02 Å². The van der Waals surface area contributed by atoms with Gasteiger partial charge in [-0.2, -0.15) is 0 Å². The van der Waals surface area contributed by atoms with Crippen LogP contribution in [0.15, 0.2) is 47.5 Å². The van der Waals surface area contributed by atoms with E-state index in [0.717, 1.165) is 6.26 Å². The van der Waals surface area contributed by atoms with Gasteiger partial charge in [-0.25, -0.2) is 8.42 Å². The van der Waals surface area contributed by atoms with Crippen LogP contribution >= 0.6 is 11.6 Å². The first-order valence-electron chi connectivity index (χ1n) is 5.59. The molecule has 1 aromatic carbocycles. The standard InChI is InChI=1S/C13H11ClN2O3S/c1-20(18,19)11-4-2-10(3-5-11)16-13(17)12-8-9(14)6-7-15-12/h2-8H,1H3,(H,16,17). The third-order valence-electron chi connectivity index (χ3n) is 2.49. The first-order chi connectivity index (χ1) is 9.36. The lowest BCUT2D eigenvalue weighted by Gasteiger charge is -2.05. The number of pyridine rings is 1. The number of halogens is 1. The predicted molar refractivity (Wildman–Crippen MR) is 76.8 cm³/mol. The Morgan fingerprint density at radius 3 is 2.40 bits per heavy atom. The third kappa shape index (κ3) is 3.55. The molecule has 0 saturated heterocycles. The van der Waals surface area contributed by atoms with Gasteiger partial charge in [0.15, 0.2) is 9.84 Å². The number of nitrogens with zero attached hydrogens (tertiary/aromatic N) is 1. The normalized spacial score (nSPS) is 11.1. The van der Waals surface area contributed by atoms with Gasteiger partial charge in [-0.15, -0.1) is 0 Å². The number of hydrogen-bond acceptors (Lipinski definition) is 4. The Bertz CT molecular complexity index is 742. The monoisotopic (exact) mass is 310 g/mol. The zero-order chi connectivity index (χ0) is 14.8. The molecule has 5 nitrogen and oxygen atoms in total. The summed E-state index contributed by atoms with van der Waals surface area (Å²) < 4.78 is 22.6. The molecule has 1 aromatic heterocycles. The fourth-order valence-electron chi connectivity index (χ4n) is 1.51. The molecule has 20 heavy (non-hydrogen) atoms. The number of carbonyl (C=O) groups is 1. The van der Waals surface area contributed by atoms with Gasteiger partial charge >= 0.3 is 0 Å². The third-order valence-corrected chi connectivity index (χ3v) is 3.86. The Morgan fingerprint density at radius 2 is 1.85 bits per heavy atom. The van der Waals surface area contributed by atoms with Crippen molar-refractivity contribution in [3.05, 3.63) is 53.3 Å². The van der Waals surface area contributed by atoms with Crippen molar-refractivity contribution in [3.8, 4) is 0 Å². The number of anilines is 1. The van der Waals surface area contributed by atoms with Crippen molar-refractivity contribution in [2.75, 3.05) is 11.6 Å². The molecule has 2 rings (SSSR count). The first-order valence-corrected chi connectivity index (χ1v) is 7.86. The highest BCUT2D eigenvalue weighted by atomic mass is 35.5. The van der Waals surface area contributed by atoms with Crippen molar-refractivity contribution in [2.45, 2.75) is 4.90 Å². The molecule has 0 saturated carbocycles. The highest BCUT2D eigenvalue weighted by Gasteiger charge is 2.10. The number of benzene rings is 1. The number of hydrogen-bond donors (Lipinski definition) is 1. The Hall–Kier alpha value is -1.92. The fourth-order valence-corrected chi connectivity index (χ4v) is 2.30. The summed E-state index contributed by atoms with van der Waals surface area (Å²) in [6.45, 7) is 0. The SMILES string of the molecule is CS(=O)(=O)c1ccc(NC(=O)c2cc(Cl)ccn2)cc1. The van der Waals surface area contributed by atoms with Crippen molar-refractivity contribution in [2.24, 2.45) is 0 Å². The molecule has 0 aliphatic rings. The van der Waals surface area contributed by atoms with Gasteiger partial charge in [0, 0.05) is 23.2 Å². The topological polar surface area (TPSA) is 76.1 Å². The lowest BCUT2D eigenvalue weighted by molar-refractivity contribution is 0.102. The largest absolute Gasteiger partial charge is 0.321 e. The number of amides is 1. The summed E-state index contributed by atoms with van der Waals surface area (Å²) in [6.07, 6.45) is 2.56. The summed E-state index contributed by atoms with van der Waals surface area (Å²) in [5.41, 5.74) is 0.661. The molecule has 1 N–H and O–H groups in total. The second-order valence-electron chi connectivity index (χ2n) is 4.11. The predicted octanol–water partition coefficient (Wildman–Crippen LogP) is 2.39. The number of sulfone groups is 1. The molecule has 2 aromatic rings. The van der Waals surface area contributed by atoms with Crippen molar-refractivity contribution in [1.29, 1.82) is 0 Å². The molecule has 0 bridgehead atoms. The van der Waals surface area contributed by atoms with Crippen LogP contribution in [0, 0.1) is 0 Å². The van der Waals surface area contributed by atoms with Crippen molar-refractivity contribution in [1.82, 2.24) is 4.98 Å². The smallest absolute Gasteiger partial charge is 0.274 e. The second kappa shape index (κ2) is 5.60. The Morgan fingerprint density at radius 1 is 1.20 bits per heavy atom. The zero-order valence-electron chi connectivity index (χ0n) is 10.5. The van der Waals surface area contributed by atoms with E-state index in [1.807, 2.05) is 0 Å². The number of rotatable bonds is 3. The number of nitrogens with one attached hydrogen (secondary N) is 1. The molecular formula is C13H11ClN2O3S. The van der Waals surface area contributed by atoms with E-state index in [2.05, 4.69) is 10.3 Å². The van der Waals surface area contributed by atoms with Crippen LogP contribution in [0.25, 0.3) is 0 Å². The highest BCUT2D eigenvalue weighted by Crippen LogP contribution is 2.15. The second-order valence-corrected chi connectivity index (χ2v) is 6.56. The van der Waals surface area contributed by atoms with Gasteiger partial charge < -0.3 is 5.32 Å². The van der Waals surface area contributed by atoms with Gasteiger partial charge in [0.1, 0.15) is 5.69 Å². The maximum Gasteiger partial charge on any atom is 0.274 e. The minimum Gasteiger partial charge on any atom is -0.321 e. The van der Waals surface area contributed by atoms with E-state index >= 15 is 0 Å². The lowest BCUT2D eigenvalue weighted by Crippen LogP contribution is -2.13.